The fraction of sp³-hybridized carbons (Fsp3) is 0.478. The number of amides is 1. The van der Waals surface area contributed by atoms with Crippen molar-refractivity contribution in [1.29, 1.82) is 0 Å². The van der Waals surface area contributed by atoms with Crippen LogP contribution in [0.5, 0.6) is 0 Å². The van der Waals surface area contributed by atoms with Crippen LogP contribution in [-0.4, -0.2) is 46.6 Å². The van der Waals surface area contributed by atoms with Crippen LogP contribution in [0.25, 0.3) is 0 Å². The number of aromatic nitrogens is 1. The number of likely N-dealkylation sites (tertiary alicyclic amines) is 1. The lowest BCUT2D eigenvalue weighted by Crippen LogP contribution is -2.47. The highest BCUT2D eigenvalue weighted by molar-refractivity contribution is 6.29. The highest BCUT2D eigenvalue weighted by Gasteiger charge is 2.29. The van der Waals surface area contributed by atoms with Gasteiger partial charge in [0.15, 0.2) is 0 Å². The monoisotopic (exact) mass is 413 g/mol. The maximum absolute atomic E-state index is 12.9. The predicted molar refractivity (Wildman–Crippen MR) is 114 cm³/mol. The molecule has 5 nitrogen and oxygen atoms in total. The summed E-state index contributed by atoms with van der Waals surface area (Å²) in [5, 5.41) is 14.5. The van der Waals surface area contributed by atoms with E-state index in [2.05, 4.69) is 39.5 Å². The molecule has 0 spiro atoms. The normalized spacial score (nSPS) is 19.1. The van der Waals surface area contributed by atoms with E-state index in [1.54, 1.807) is 18.3 Å². The number of pyridine rings is 1. The molecule has 6 heteroatoms. The Bertz CT molecular complexity index is 829. The number of fused-ring (bicyclic) bond motifs is 1. The lowest BCUT2D eigenvalue weighted by Gasteiger charge is -2.29. The van der Waals surface area contributed by atoms with Crippen LogP contribution >= 0.6 is 11.6 Å². The number of benzene rings is 1. The smallest absolute Gasteiger partial charge is 0.220 e. The van der Waals surface area contributed by atoms with E-state index in [1.165, 1.54) is 11.1 Å². The van der Waals surface area contributed by atoms with Gasteiger partial charge in [-0.1, -0.05) is 35.9 Å². The van der Waals surface area contributed by atoms with Gasteiger partial charge in [-0.3, -0.25) is 4.79 Å². The van der Waals surface area contributed by atoms with Gasteiger partial charge in [-0.2, -0.15) is 0 Å². The average Bonchev–Trinajstić information content (AvgIpc) is 3.35. The van der Waals surface area contributed by atoms with E-state index in [1.807, 2.05) is 0 Å². The molecule has 29 heavy (non-hydrogen) atoms. The number of aliphatic hydroxyl groups excluding tert-OH is 1. The molecule has 1 aliphatic heterocycles. The third kappa shape index (κ3) is 5.16. The Balaban J connectivity index is 1.41. The Hall–Kier alpha value is -1.95. The van der Waals surface area contributed by atoms with Gasteiger partial charge in [0.25, 0.3) is 0 Å². The van der Waals surface area contributed by atoms with Crippen LogP contribution in [-0.2, 0) is 17.6 Å². The molecular formula is C23H28ClN3O2. The minimum absolute atomic E-state index is 0.00575. The van der Waals surface area contributed by atoms with Gasteiger partial charge in [0.2, 0.25) is 5.91 Å². The molecule has 0 radical (unpaired) electrons. The number of halogens is 1. The molecule has 2 heterocycles. The summed E-state index contributed by atoms with van der Waals surface area (Å²) >= 11 is 6.01. The summed E-state index contributed by atoms with van der Waals surface area (Å²) in [5.41, 5.74) is 3.39. The molecule has 1 aliphatic carbocycles. The minimum Gasteiger partial charge on any atom is -0.386 e. The van der Waals surface area contributed by atoms with E-state index >= 15 is 0 Å². The number of hydrogen-bond acceptors (Lipinski definition) is 4. The third-order valence-electron chi connectivity index (χ3n) is 6.08. The zero-order valence-electron chi connectivity index (χ0n) is 16.6. The molecule has 154 valence electrons. The van der Waals surface area contributed by atoms with Crippen LogP contribution in [0.15, 0.2) is 42.6 Å². The van der Waals surface area contributed by atoms with Crippen molar-refractivity contribution in [3.8, 4) is 0 Å². The van der Waals surface area contributed by atoms with Gasteiger partial charge >= 0.3 is 0 Å². The van der Waals surface area contributed by atoms with Crippen molar-refractivity contribution in [3.05, 3.63) is 64.4 Å². The first-order valence-electron chi connectivity index (χ1n) is 10.5. The Morgan fingerprint density at radius 2 is 1.90 bits per heavy atom. The van der Waals surface area contributed by atoms with Gasteiger partial charge in [-0.15, -0.1) is 0 Å². The van der Waals surface area contributed by atoms with Crippen molar-refractivity contribution in [3.63, 3.8) is 0 Å². The zero-order valence-corrected chi connectivity index (χ0v) is 17.3. The quantitative estimate of drug-likeness (QED) is 0.684. The Kier molecular flexibility index (Phi) is 6.48. The second-order valence-electron chi connectivity index (χ2n) is 8.29. The second-order valence-corrected chi connectivity index (χ2v) is 8.67. The van der Waals surface area contributed by atoms with Crippen LogP contribution in [0.4, 0.5) is 0 Å². The molecule has 2 N–H and O–H groups in total. The maximum Gasteiger partial charge on any atom is 0.220 e. The first-order valence-corrected chi connectivity index (χ1v) is 10.8. The molecule has 2 aromatic rings. The molecule has 1 aromatic carbocycles. The first-order chi connectivity index (χ1) is 14.1. The van der Waals surface area contributed by atoms with Crippen LogP contribution < -0.4 is 5.32 Å². The molecule has 2 unspecified atom stereocenters. The van der Waals surface area contributed by atoms with Gasteiger partial charge in [0.05, 0.1) is 6.04 Å². The number of nitrogens with one attached hydrogen (secondary N) is 1. The Morgan fingerprint density at radius 1 is 1.21 bits per heavy atom. The number of carbonyl (C=O) groups is 1. The summed E-state index contributed by atoms with van der Waals surface area (Å²) in [6.45, 7) is 2.65. The van der Waals surface area contributed by atoms with Crippen LogP contribution in [0.2, 0.25) is 5.15 Å². The standard InChI is InChI=1S/C23H28ClN3O2/c24-21-14-19(7-8-25-21)23(29)20(15-27-9-3-4-10-27)26-22(28)13-16-11-17-5-1-2-6-18(17)12-16/h1-2,5-8,14,16,20,23,29H,3-4,9-13,15H2,(H,26,28). The summed E-state index contributed by atoms with van der Waals surface area (Å²) in [6, 6.07) is 11.5. The molecule has 1 aromatic heterocycles. The predicted octanol–water partition coefficient (Wildman–Crippen LogP) is 3.15. The lowest BCUT2D eigenvalue weighted by molar-refractivity contribution is -0.123. The molecule has 2 aliphatic rings. The molecule has 1 amide bonds. The topological polar surface area (TPSA) is 65.5 Å². The summed E-state index contributed by atoms with van der Waals surface area (Å²) < 4.78 is 0. The highest BCUT2D eigenvalue weighted by Crippen LogP contribution is 2.29. The van der Waals surface area contributed by atoms with Crippen molar-refractivity contribution in [2.75, 3.05) is 19.6 Å². The number of carbonyl (C=O) groups excluding carboxylic acids is 1. The highest BCUT2D eigenvalue weighted by atomic mass is 35.5. The van der Waals surface area contributed by atoms with Crippen LogP contribution in [0.3, 0.4) is 0 Å². The van der Waals surface area contributed by atoms with Gasteiger partial charge < -0.3 is 15.3 Å². The molecule has 4 rings (SSSR count). The number of rotatable bonds is 7. The molecular weight excluding hydrogens is 386 g/mol. The van der Waals surface area contributed by atoms with Crippen molar-refractivity contribution >= 4 is 17.5 Å². The summed E-state index contributed by atoms with van der Waals surface area (Å²) in [7, 11) is 0. The van der Waals surface area contributed by atoms with Gasteiger partial charge in [-0.05, 0) is 73.5 Å². The van der Waals surface area contributed by atoms with E-state index in [9.17, 15) is 9.90 Å². The number of nitrogens with zero attached hydrogens (tertiary/aromatic N) is 2. The Labute approximate surface area is 177 Å². The SMILES string of the molecule is O=C(CC1Cc2ccccc2C1)NC(CN1CCCC1)C(O)c1ccnc(Cl)c1. The largest absolute Gasteiger partial charge is 0.386 e. The Morgan fingerprint density at radius 3 is 2.55 bits per heavy atom. The van der Waals surface area contributed by atoms with Crippen molar-refractivity contribution in [1.82, 2.24) is 15.2 Å². The summed E-state index contributed by atoms with van der Waals surface area (Å²) in [5.74, 6) is 0.332. The van der Waals surface area contributed by atoms with Crippen molar-refractivity contribution in [2.45, 2.75) is 44.2 Å². The molecule has 1 saturated heterocycles. The van der Waals surface area contributed by atoms with Crippen LogP contribution in [0.1, 0.15) is 42.1 Å². The van der Waals surface area contributed by atoms with Gasteiger partial charge in [0.1, 0.15) is 11.3 Å². The number of hydrogen-bond donors (Lipinski definition) is 2. The lowest BCUT2D eigenvalue weighted by atomic mass is 9.99. The average molecular weight is 414 g/mol. The summed E-state index contributed by atoms with van der Waals surface area (Å²) in [4.78, 5) is 19.2. The van der Waals surface area contributed by atoms with E-state index in [0.717, 1.165) is 38.8 Å². The maximum atomic E-state index is 12.9. The molecule has 0 saturated carbocycles. The van der Waals surface area contributed by atoms with Crippen LogP contribution in [0, 0.1) is 5.92 Å². The van der Waals surface area contributed by atoms with E-state index < -0.39 is 6.10 Å². The van der Waals surface area contributed by atoms with E-state index in [-0.39, 0.29) is 11.9 Å². The molecule has 0 bridgehead atoms. The van der Waals surface area contributed by atoms with E-state index in [0.29, 0.717) is 29.6 Å². The van der Waals surface area contributed by atoms with Gasteiger partial charge in [-0.25, -0.2) is 4.98 Å². The minimum atomic E-state index is -0.819. The van der Waals surface area contributed by atoms with Crippen molar-refractivity contribution in [2.24, 2.45) is 5.92 Å². The summed E-state index contributed by atoms with van der Waals surface area (Å²) in [6.07, 6.45) is 5.48. The number of aliphatic hydroxyl groups is 1. The zero-order chi connectivity index (χ0) is 20.2. The fourth-order valence-electron chi connectivity index (χ4n) is 4.62. The molecule has 1 fully saturated rings. The first kappa shape index (κ1) is 20.3. The van der Waals surface area contributed by atoms with Crippen molar-refractivity contribution < 1.29 is 9.90 Å². The van der Waals surface area contributed by atoms with E-state index in [4.69, 9.17) is 11.6 Å². The molecule has 2 atom stereocenters. The van der Waals surface area contributed by atoms with Gasteiger partial charge in [0, 0.05) is 19.2 Å². The fourth-order valence-corrected chi connectivity index (χ4v) is 4.81. The second kappa shape index (κ2) is 9.24. The third-order valence-corrected chi connectivity index (χ3v) is 6.29.